The molecule has 2 amide bonds. The molecule has 2 saturated heterocycles. The Morgan fingerprint density at radius 3 is 2.32 bits per heavy atom. The number of nitrogens with zero attached hydrogens (tertiary/aromatic N) is 3. The molecule has 1 saturated carbocycles. The Bertz CT molecular complexity index is 486. The van der Waals surface area contributed by atoms with E-state index in [4.69, 9.17) is 0 Å². The molecule has 142 valence electrons. The first-order valence-electron chi connectivity index (χ1n) is 9.85. The topological polar surface area (TPSA) is 55.9 Å². The van der Waals surface area contributed by atoms with Gasteiger partial charge in [0.15, 0.2) is 0 Å². The van der Waals surface area contributed by atoms with Crippen molar-refractivity contribution >= 4 is 11.8 Å². The Morgan fingerprint density at radius 2 is 1.76 bits per heavy atom. The van der Waals surface area contributed by atoms with Crippen LogP contribution in [0.3, 0.4) is 0 Å². The Morgan fingerprint density at radius 1 is 1.12 bits per heavy atom. The monoisotopic (exact) mass is 350 g/mol. The first kappa shape index (κ1) is 18.6. The van der Waals surface area contributed by atoms with Crippen molar-refractivity contribution in [3.63, 3.8) is 0 Å². The summed E-state index contributed by atoms with van der Waals surface area (Å²) in [6.45, 7) is 14.0. The smallest absolute Gasteiger partial charge is 0.223 e. The lowest BCUT2D eigenvalue weighted by Crippen LogP contribution is -2.64. The van der Waals surface area contributed by atoms with Gasteiger partial charge in [0.1, 0.15) is 0 Å². The molecule has 25 heavy (non-hydrogen) atoms. The number of likely N-dealkylation sites (tertiary alicyclic amines) is 1. The zero-order chi connectivity index (χ0) is 18.0. The summed E-state index contributed by atoms with van der Waals surface area (Å²) >= 11 is 0. The summed E-state index contributed by atoms with van der Waals surface area (Å²) < 4.78 is 0. The average Bonchev–Trinajstić information content (AvgIpc) is 2.49. The second-order valence-corrected chi connectivity index (χ2v) is 8.68. The Kier molecular flexibility index (Phi) is 5.68. The van der Waals surface area contributed by atoms with Gasteiger partial charge in [-0.3, -0.25) is 14.5 Å². The van der Waals surface area contributed by atoms with E-state index in [0.29, 0.717) is 29.7 Å². The van der Waals surface area contributed by atoms with Crippen molar-refractivity contribution in [1.29, 1.82) is 0 Å². The summed E-state index contributed by atoms with van der Waals surface area (Å²) in [4.78, 5) is 30.3. The van der Waals surface area contributed by atoms with E-state index in [1.54, 1.807) is 6.92 Å². The molecule has 0 aromatic rings. The van der Waals surface area contributed by atoms with Crippen LogP contribution in [-0.2, 0) is 9.59 Å². The first-order valence-corrected chi connectivity index (χ1v) is 9.85. The molecular formula is C19H34N4O2. The zero-order valence-corrected chi connectivity index (χ0v) is 16.1. The summed E-state index contributed by atoms with van der Waals surface area (Å²) in [5.74, 6) is 0.987. The summed E-state index contributed by atoms with van der Waals surface area (Å²) in [5, 5.41) is 2.91. The third-order valence-corrected chi connectivity index (χ3v) is 6.27. The van der Waals surface area contributed by atoms with Crippen LogP contribution in [0.2, 0.25) is 0 Å². The molecule has 0 radical (unpaired) electrons. The Hall–Kier alpha value is -1.14. The van der Waals surface area contributed by atoms with Crippen molar-refractivity contribution in [2.45, 2.75) is 46.1 Å². The van der Waals surface area contributed by atoms with Gasteiger partial charge in [-0.2, -0.15) is 0 Å². The summed E-state index contributed by atoms with van der Waals surface area (Å²) in [5.41, 5.74) is 0.377. The van der Waals surface area contributed by atoms with Crippen molar-refractivity contribution in [1.82, 2.24) is 20.0 Å². The van der Waals surface area contributed by atoms with Crippen LogP contribution in [0.5, 0.6) is 0 Å². The molecule has 6 nitrogen and oxygen atoms in total. The lowest BCUT2D eigenvalue weighted by Gasteiger charge is -2.59. The van der Waals surface area contributed by atoms with E-state index in [9.17, 15) is 9.59 Å². The summed E-state index contributed by atoms with van der Waals surface area (Å²) in [6.07, 6.45) is 2.98. The Labute approximate surface area is 151 Å². The first-order chi connectivity index (χ1) is 11.9. The second kappa shape index (κ2) is 7.62. The van der Waals surface area contributed by atoms with E-state index < -0.39 is 0 Å². The maximum absolute atomic E-state index is 12.4. The summed E-state index contributed by atoms with van der Waals surface area (Å²) in [6, 6.07) is 0.623. The van der Waals surface area contributed by atoms with Gasteiger partial charge in [0, 0.05) is 77.2 Å². The molecule has 0 bridgehead atoms. The Balaban J connectivity index is 1.28. The van der Waals surface area contributed by atoms with Crippen LogP contribution in [0.15, 0.2) is 0 Å². The third-order valence-electron chi connectivity index (χ3n) is 6.27. The molecule has 3 aliphatic rings. The zero-order valence-electron chi connectivity index (χ0n) is 16.1. The van der Waals surface area contributed by atoms with Crippen LogP contribution in [0.1, 0.15) is 40.0 Å². The number of hydrogen-bond donors (Lipinski definition) is 1. The van der Waals surface area contributed by atoms with E-state index in [-0.39, 0.29) is 5.91 Å². The van der Waals surface area contributed by atoms with Crippen LogP contribution in [0, 0.1) is 11.3 Å². The van der Waals surface area contributed by atoms with Crippen molar-refractivity contribution < 1.29 is 9.59 Å². The third kappa shape index (κ3) is 4.53. The quantitative estimate of drug-likeness (QED) is 0.769. The molecule has 2 heterocycles. The highest BCUT2D eigenvalue weighted by Crippen LogP contribution is 2.51. The van der Waals surface area contributed by atoms with Gasteiger partial charge in [0.2, 0.25) is 11.8 Å². The van der Waals surface area contributed by atoms with E-state index in [1.165, 1.54) is 0 Å². The number of piperazine rings is 1. The van der Waals surface area contributed by atoms with Crippen LogP contribution < -0.4 is 5.32 Å². The lowest BCUT2D eigenvalue weighted by molar-refractivity contribution is -0.155. The minimum Gasteiger partial charge on any atom is -0.356 e. The molecule has 0 aromatic heterocycles. The van der Waals surface area contributed by atoms with Crippen molar-refractivity contribution in [3.05, 3.63) is 0 Å². The second-order valence-electron chi connectivity index (χ2n) is 8.68. The minimum atomic E-state index is 0.0561. The molecule has 1 aliphatic carbocycles. The summed E-state index contributed by atoms with van der Waals surface area (Å²) in [7, 11) is 0. The molecule has 3 fully saturated rings. The molecule has 1 N–H and O–H groups in total. The standard InChI is InChI=1S/C19H34N4O2/c1-15(2)22-8-6-21(7-9-22)5-4-18(25)23-13-19(14-23)10-17(11-19)12-20-16(3)24/h15,17H,4-14H2,1-3H3,(H,20,24). The lowest BCUT2D eigenvalue weighted by atomic mass is 9.57. The molecular weight excluding hydrogens is 316 g/mol. The average molecular weight is 351 g/mol. The van der Waals surface area contributed by atoms with Gasteiger partial charge >= 0.3 is 0 Å². The molecule has 6 heteroatoms. The predicted molar refractivity (Wildman–Crippen MR) is 98.2 cm³/mol. The highest BCUT2D eigenvalue weighted by atomic mass is 16.2. The van der Waals surface area contributed by atoms with Crippen LogP contribution in [-0.4, -0.2) is 84.9 Å². The maximum Gasteiger partial charge on any atom is 0.223 e. The van der Waals surface area contributed by atoms with Gasteiger partial charge < -0.3 is 15.1 Å². The SMILES string of the molecule is CC(=O)NCC1CC2(C1)CN(C(=O)CCN1CCN(C(C)C)CC1)C2. The molecule has 3 rings (SSSR count). The number of nitrogens with one attached hydrogen (secondary N) is 1. The largest absolute Gasteiger partial charge is 0.356 e. The van der Waals surface area contributed by atoms with Gasteiger partial charge in [0.25, 0.3) is 0 Å². The van der Waals surface area contributed by atoms with Gasteiger partial charge in [-0.1, -0.05) is 0 Å². The highest BCUT2D eigenvalue weighted by molar-refractivity contribution is 5.77. The fraction of sp³-hybridized carbons (Fsp3) is 0.895. The van der Waals surface area contributed by atoms with Crippen molar-refractivity contribution in [3.8, 4) is 0 Å². The molecule has 0 unspecified atom stereocenters. The van der Waals surface area contributed by atoms with Gasteiger partial charge in [0.05, 0.1) is 0 Å². The minimum absolute atomic E-state index is 0.0561. The molecule has 1 spiro atoms. The normalized spacial score (nSPS) is 24.2. The number of amides is 2. The fourth-order valence-electron chi connectivity index (χ4n) is 4.71. The fourth-order valence-corrected chi connectivity index (χ4v) is 4.71. The van der Waals surface area contributed by atoms with Gasteiger partial charge in [-0.05, 0) is 32.6 Å². The molecule has 2 aliphatic heterocycles. The molecule has 0 atom stereocenters. The van der Waals surface area contributed by atoms with Gasteiger partial charge in [-0.25, -0.2) is 0 Å². The van der Waals surface area contributed by atoms with E-state index in [2.05, 4.69) is 29.0 Å². The number of carbonyl (C=O) groups is 2. The molecule has 0 aromatic carbocycles. The van der Waals surface area contributed by atoms with E-state index >= 15 is 0 Å². The van der Waals surface area contributed by atoms with Crippen LogP contribution in [0.4, 0.5) is 0 Å². The number of carbonyl (C=O) groups excluding carboxylic acids is 2. The number of rotatable bonds is 6. The number of hydrogen-bond acceptors (Lipinski definition) is 4. The van der Waals surface area contributed by atoms with Gasteiger partial charge in [-0.15, -0.1) is 0 Å². The van der Waals surface area contributed by atoms with E-state index in [1.807, 2.05) is 4.90 Å². The van der Waals surface area contributed by atoms with Crippen LogP contribution in [0.25, 0.3) is 0 Å². The van der Waals surface area contributed by atoms with Crippen molar-refractivity contribution in [2.24, 2.45) is 11.3 Å². The van der Waals surface area contributed by atoms with E-state index in [0.717, 1.165) is 65.2 Å². The predicted octanol–water partition coefficient (Wildman–Crippen LogP) is 0.777. The maximum atomic E-state index is 12.4. The highest BCUT2D eigenvalue weighted by Gasteiger charge is 2.53. The van der Waals surface area contributed by atoms with Crippen LogP contribution >= 0.6 is 0 Å². The van der Waals surface area contributed by atoms with Crippen molar-refractivity contribution in [2.75, 3.05) is 52.4 Å².